The molecule has 2 heterocycles. The lowest BCUT2D eigenvalue weighted by Crippen LogP contribution is -2.48. The van der Waals surface area contributed by atoms with E-state index in [0.29, 0.717) is 42.9 Å². The second kappa shape index (κ2) is 11.1. The van der Waals surface area contributed by atoms with E-state index in [-0.39, 0.29) is 24.0 Å². The predicted molar refractivity (Wildman–Crippen MR) is 121 cm³/mol. The van der Waals surface area contributed by atoms with Gasteiger partial charge in [0, 0.05) is 26.3 Å². The van der Waals surface area contributed by atoms with Crippen LogP contribution in [-0.2, 0) is 17.3 Å². The second-order valence-electron chi connectivity index (χ2n) is 6.64. The fraction of sp³-hybridized carbons (Fsp3) is 0.400. The van der Waals surface area contributed by atoms with E-state index in [9.17, 15) is 13.2 Å². The van der Waals surface area contributed by atoms with Crippen molar-refractivity contribution >= 4 is 41.5 Å². The number of pyridine rings is 1. The standard InChI is InChI=1S/C20H22ClF3N4O.HI/c1-25-19(26-8-7-14-5-6-18(21)27-12-14)28-9-10-29-17(13-28)15-3-2-4-16(11-15)20(22,23)24;/h2-6,11-12,17H,7-10,13H2,1H3,(H,25,26);1H. The van der Waals surface area contributed by atoms with Gasteiger partial charge in [0.2, 0.25) is 0 Å². The molecule has 0 aliphatic carbocycles. The van der Waals surface area contributed by atoms with Crippen molar-refractivity contribution in [3.05, 3.63) is 64.4 Å². The molecular weight excluding hydrogens is 532 g/mol. The van der Waals surface area contributed by atoms with Gasteiger partial charge in [0.05, 0.1) is 18.7 Å². The quantitative estimate of drug-likeness (QED) is 0.261. The van der Waals surface area contributed by atoms with Gasteiger partial charge in [-0.15, -0.1) is 24.0 Å². The Bertz CT molecular complexity index is 849. The number of morpholine rings is 1. The van der Waals surface area contributed by atoms with E-state index < -0.39 is 17.8 Å². The van der Waals surface area contributed by atoms with Gasteiger partial charge in [0.15, 0.2) is 5.96 Å². The summed E-state index contributed by atoms with van der Waals surface area (Å²) in [6, 6.07) is 8.94. The topological polar surface area (TPSA) is 49.8 Å². The van der Waals surface area contributed by atoms with E-state index in [0.717, 1.165) is 24.1 Å². The Morgan fingerprint density at radius 1 is 1.33 bits per heavy atom. The van der Waals surface area contributed by atoms with Crippen LogP contribution in [0.25, 0.3) is 0 Å². The van der Waals surface area contributed by atoms with Gasteiger partial charge in [-0.1, -0.05) is 29.8 Å². The highest BCUT2D eigenvalue weighted by Gasteiger charge is 2.32. The largest absolute Gasteiger partial charge is 0.416 e. The van der Waals surface area contributed by atoms with Crippen LogP contribution >= 0.6 is 35.6 Å². The number of ether oxygens (including phenoxy) is 1. The van der Waals surface area contributed by atoms with E-state index in [1.807, 2.05) is 11.0 Å². The van der Waals surface area contributed by atoms with Crippen molar-refractivity contribution in [3.63, 3.8) is 0 Å². The van der Waals surface area contributed by atoms with Crippen molar-refractivity contribution in [2.75, 3.05) is 33.3 Å². The van der Waals surface area contributed by atoms with Gasteiger partial charge >= 0.3 is 6.18 Å². The molecule has 0 spiro atoms. The van der Waals surface area contributed by atoms with Gasteiger partial charge in [-0.2, -0.15) is 13.2 Å². The van der Waals surface area contributed by atoms with Crippen LogP contribution in [0.2, 0.25) is 5.15 Å². The van der Waals surface area contributed by atoms with Gasteiger partial charge < -0.3 is 15.0 Å². The van der Waals surface area contributed by atoms with Gasteiger partial charge in [-0.3, -0.25) is 4.99 Å². The van der Waals surface area contributed by atoms with E-state index in [1.165, 1.54) is 6.07 Å². The number of guanidine groups is 1. The Balaban J connectivity index is 0.00000320. The van der Waals surface area contributed by atoms with Crippen molar-refractivity contribution in [2.24, 2.45) is 4.99 Å². The van der Waals surface area contributed by atoms with E-state index in [1.54, 1.807) is 25.4 Å². The molecule has 1 aliphatic rings. The molecule has 1 aromatic heterocycles. The van der Waals surface area contributed by atoms with Crippen LogP contribution in [0.4, 0.5) is 13.2 Å². The minimum absolute atomic E-state index is 0. The minimum Gasteiger partial charge on any atom is -0.370 e. The lowest BCUT2D eigenvalue weighted by molar-refractivity contribution is -0.137. The summed E-state index contributed by atoms with van der Waals surface area (Å²) in [6.07, 6.45) is -2.36. The summed E-state index contributed by atoms with van der Waals surface area (Å²) in [6.45, 7) is 2.07. The Hall–Kier alpha value is -1.59. The summed E-state index contributed by atoms with van der Waals surface area (Å²) in [5.41, 5.74) is 0.878. The summed E-state index contributed by atoms with van der Waals surface area (Å²) in [4.78, 5) is 10.4. The molecule has 0 amide bonds. The molecule has 2 aromatic rings. The molecule has 10 heteroatoms. The van der Waals surface area contributed by atoms with Gasteiger partial charge in [-0.05, 0) is 35.7 Å². The third-order valence-corrected chi connectivity index (χ3v) is 4.87. The zero-order chi connectivity index (χ0) is 20.9. The summed E-state index contributed by atoms with van der Waals surface area (Å²) >= 11 is 5.79. The lowest BCUT2D eigenvalue weighted by Gasteiger charge is -2.35. The lowest BCUT2D eigenvalue weighted by atomic mass is 10.0. The molecule has 0 radical (unpaired) electrons. The van der Waals surface area contributed by atoms with Crippen LogP contribution in [0.5, 0.6) is 0 Å². The highest BCUT2D eigenvalue weighted by molar-refractivity contribution is 14.0. The molecule has 0 bridgehead atoms. The molecule has 164 valence electrons. The molecule has 1 saturated heterocycles. The van der Waals surface area contributed by atoms with Crippen LogP contribution < -0.4 is 5.32 Å². The predicted octanol–water partition coefficient (Wildman–Crippen LogP) is 4.56. The van der Waals surface area contributed by atoms with Crippen molar-refractivity contribution < 1.29 is 17.9 Å². The molecule has 5 nitrogen and oxygen atoms in total. The number of alkyl halides is 3. The minimum atomic E-state index is -4.38. The number of halogens is 5. The number of aromatic nitrogens is 1. The number of benzene rings is 1. The zero-order valence-electron chi connectivity index (χ0n) is 16.3. The van der Waals surface area contributed by atoms with Crippen molar-refractivity contribution in [3.8, 4) is 0 Å². The number of hydrogen-bond acceptors (Lipinski definition) is 3. The van der Waals surface area contributed by atoms with Crippen LogP contribution in [0.1, 0.15) is 22.8 Å². The Labute approximate surface area is 195 Å². The van der Waals surface area contributed by atoms with Gasteiger partial charge in [0.25, 0.3) is 0 Å². The van der Waals surface area contributed by atoms with Crippen LogP contribution in [0.15, 0.2) is 47.6 Å². The third-order valence-electron chi connectivity index (χ3n) is 4.65. The van der Waals surface area contributed by atoms with Crippen molar-refractivity contribution in [1.29, 1.82) is 0 Å². The maximum Gasteiger partial charge on any atom is 0.416 e. The van der Waals surface area contributed by atoms with Crippen molar-refractivity contribution in [1.82, 2.24) is 15.2 Å². The maximum absolute atomic E-state index is 13.0. The molecule has 3 rings (SSSR count). The summed E-state index contributed by atoms with van der Waals surface area (Å²) < 4.78 is 44.7. The molecule has 1 unspecified atom stereocenters. The SMILES string of the molecule is CN=C(NCCc1ccc(Cl)nc1)N1CCOC(c2cccc(C(F)(F)F)c2)C1.I. The van der Waals surface area contributed by atoms with Crippen LogP contribution in [0.3, 0.4) is 0 Å². The Morgan fingerprint density at radius 3 is 2.80 bits per heavy atom. The molecule has 30 heavy (non-hydrogen) atoms. The van der Waals surface area contributed by atoms with Crippen molar-refractivity contribution in [2.45, 2.75) is 18.7 Å². The summed E-state index contributed by atoms with van der Waals surface area (Å²) in [5, 5.41) is 3.74. The zero-order valence-corrected chi connectivity index (χ0v) is 19.4. The number of nitrogens with zero attached hydrogens (tertiary/aromatic N) is 3. The number of aliphatic imine (C=N–C) groups is 1. The first-order chi connectivity index (χ1) is 13.9. The monoisotopic (exact) mass is 554 g/mol. The average molecular weight is 555 g/mol. The average Bonchev–Trinajstić information content (AvgIpc) is 2.72. The third kappa shape index (κ3) is 6.71. The molecule has 1 fully saturated rings. The summed E-state index contributed by atoms with van der Waals surface area (Å²) in [7, 11) is 1.68. The molecule has 1 aromatic carbocycles. The van der Waals surface area contributed by atoms with E-state index in [2.05, 4.69) is 15.3 Å². The highest BCUT2D eigenvalue weighted by Crippen LogP contribution is 2.32. The van der Waals surface area contributed by atoms with Gasteiger partial charge in [-0.25, -0.2) is 4.98 Å². The van der Waals surface area contributed by atoms with Gasteiger partial charge in [0.1, 0.15) is 11.3 Å². The smallest absolute Gasteiger partial charge is 0.370 e. The maximum atomic E-state index is 13.0. The molecule has 1 aliphatic heterocycles. The Morgan fingerprint density at radius 2 is 2.13 bits per heavy atom. The van der Waals surface area contributed by atoms with E-state index >= 15 is 0 Å². The number of rotatable bonds is 4. The van der Waals surface area contributed by atoms with Crippen LogP contribution in [-0.4, -0.2) is 49.1 Å². The highest BCUT2D eigenvalue weighted by atomic mass is 127. The van der Waals surface area contributed by atoms with E-state index in [4.69, 9.17) is 16.3 Å². The summed E-state index contributed by atoms with van der Waals surface area (Å²) in [5.74, 6) is 0.687. The molecule has 0 saturated carbocycles. The fourth-order valence-corrected chi connectivity index (χ4v) is 3.28. The molecular formula is C20H23ClF3IN4O. The first-order valence-corrected chi connectivity index (χ1v) is 9.59. The first kappa shape index (κ1) is 24.7. The fourth-order valence-electron chi connectivity index (χ4n) is 3.16. The molecule has 1 atom stereocenters. The number of hydrogen-bond donors (Lipinski definition) is 1. The Kier molecular flexibility index (Phi) is 9.17. The van der Waals surface area contributed by atoms with Crippen LogP contribution in [0, 0.1) is 0 Å². The molecule has 1 N–H and O–H groups in total. The first-order valence-electron chi connectivity index (χ1n) is 9.21. The number of nitrogens with one attached hydrogen (secondary N) is 1. The normalized spacial score (nSPS) is 17.4. The second-order valence-corrected chi connectivity index (χ2v) is 7.03.